The third kappa shape index (κ3) is 3.81. The molecule has 1 aliphatic rings. The van der Waals surface area contributed by atoms with Crippen molar-refractivity contribution in [1.29, 1.82) is 0 Å². The number of aliphatic hydroxyl groups is 1. The van der Waals surface area contributed by atoms with Crippen LogP contribution in [-0.2, 0) is 19.6 Å². The average molecular weight is 430 g/mol. The lowest BCUT2D eigenvalue weighted by molar-refractivity contribution is -0.119. The number of amides is 1. The fraction of sp³-hybridized carbons (Fsp3) is 0.238. The van der Waals surface area contributed by atoms with E-state index in [1.165, 1.54) is 36.3 Å². The zero-order valence-electron chi connectivity index (χ0n) is 16.7. The number of methoxy groups -OCH3 is 1. The van der Waals surface area contributed by atoms with Crippen LogP contribution in [0.2, 0.25) is 0 Å². The van der Waals surface area contributed by atoms with Crippen molar-refractivity contribution < 1.29 is 27.9 Å². The summed E-state index contributed by atoms with van der Waals surface area (Å²) < 4.78 is 28.3. The van der Waals surface area contributed by atoms with Gasteiger partial charge in [-0.05, 0) is 42.0 Å². The van der Waals surface area contributed by atoms with Gasteiger partial charge in [0.2, 0.25) is 10.0 Å². The molecule has 158 valence electrons. The normalized spacial score (nSPS) is 17.0. The quantitative estimate of drug-likeness (QED) is 0.725. The number of ketones is 1. The number of Topliss-reactive ketones (excluding diaryl/α,β-unsaturated/α-hetero) is 1. The first-order valence-corrected chi connectivity index (χ1v) is 10.7. The van der Waals surface area contributed by atoms with Crippen molar-refractivity contribution in [2.45, 2.75) is 24.8 Å². The molecule has 3 rings (SSSR count). The van der Waals surface area contributed by atoms with Gasteiger partial charge in [0, 0.05) is 11.6 Å². The van der Waals surface area contributed by atoms with E-state index in [1.807, 2.05) is 0 Å². The van der Waals surface area contributed by atoms with Crippen molar-refractivity contribution in [1.82, 2.24) is 0 Å². The number of rotatable bonds is 6. The molecule has 1 amide bonds. The molecule has 1 aliphatic heterocycles. The van der Waals surface area contributed by atoms with Crippen LogP contribution in [0.5, 0.6) is 5.75 Å². The van der Waals surface area contributed by atoms with Gasteiger partial charge in [-0.25, -0.2) is 13.6 Å². The van der Waals surface area contributed by atoms with Gasteiger partial charge in [-0.2, -0.15) is 0 Å². The highest BCUT2D eigenvalue weighted by atomic mass is 32.2. The lowest BCUT2D eigenvalue weighted by atomic mass is 9.91. The molecular formula is C21H22N2O6S. The number of sulfonamides is 1. The van der Waals surface area contributed by atoms with Crippen LogP contribution in [0.3, 0.4) is 0 Å². The van der Waals surface area contributed by atoms with Gasteiger partial charge in [0.15, 0.2) is 11.5 Å². The van der Waals surface area contributed by atoms with Gasteiger partial charge in [-0.1, -0.05) is 26.0 Å². The number of aliphatic hydroxyl groups excluding tert-OH is 1. The number of carbonyl (C=O) groups is 2. The molecule has 0 spiro atoms. The third-order valence-corrected chi connectivity index (χ3v) is 5.78. The molecule has 2 aromatic carbocycles. The molecule has 0 fully saturated rings. The lowest BCUT2D eigenvalue weighted by Crippen LogP contribution is -2.31. The highest BCUT2D eigenvalue weighted by Crippen LogP contribution is 2.42. The van der Waals surface area contributed by atoms with E-state index in [4.69, 9.17) is 9.88 Å². The van der Waals surface area contributed by atoms with Crippen LogP contribution in [-0.4, -0.2) is 32.3 Å². The standard InChI is InChI=1S/C21H22N2O6S/c1-12(2)19(24)17-18(13-5-4-6-15(11-13)29-3)23(21(26)20(17)25)14-7-9-16(10-8-14)30(22,27)28/h4-12,18,25H,1-3H3,(H2,22,27,28). The second-order valence-corrected chi connectivity index (χ2v) is 8.74. The second kappa shape index (κ2) is 7.92. The van der Waals surface area contributed by atoms with Gasteiger partial charge in [0.05, 0.1) is 23.6 Å². The molecule has 8 nitrogen and oxygen atoms in total. The van der Waals surface area contributed by atoms with Gasteiger partial charge >= 0.3 is 0 Å². The predicted octanol–water partition coefficient (Wildman–Crippen LogP) is 2.47. The molecule has 0 saturated carbocycles. The summed E-state index contributed by atoms with van der Waals surface area (Å²) >= 11 is 0. The summed E-state index contributed by atoms with van der Waals surface area (Å²) in [4.78, 5) is 27.0. The summed E-state index contributed by atoms with van der Waals surface area (Å²) in [5, 5.41) is 15.7. The number of hydrogen-bond acceptors (Lipinski definition) is 6. The largest absolute Gasteiger partial charge is 0.503 e. The third-order valence-electron chi connectivity index (χ3n) is 4.85. The Hall–Kier alpha value is -3.17. The fourth-order valence-corrected chi connectivity index (χ4v) is 3.87. The number of ether oxygens (including phenoxy) is 1. The molecule has 9 heteroatoms. The number of primary sulfonamides is 1. The Bertz CT molecular complexity index is 1140. The number of nitrogens with zero attached hydrogens (tertiary/aromatic N) is 1. The molecule has 0 aliphatic carbocycles. The number of anilines is 1. The van der Waals surface area contributed by atoms with Crippen LogP contribution < -0.4 is 14.8 Å². The van der Waals surface area contributed by atoms with Crippen LogP contribution in [0.25, 0.3) is 0 Å². The number of hydrogen-bond donors (Lipinski definition) is 2. The Morgan fingerprint density at radius 2 is 1.80 bits per heavy atom. The zero-order chi connectivity index (χ0) is 22.2. The van der Waals surface area contributed by atoms with Crippen LogP contribution in [0.15, 0.2) is 64.8 Å². The molecule has 0 aromatic heterocycles. The Morgan fingerprint density at radius 3 is 2.33 bits per heavy atom. The molecule has 2 aromatic rings. The average Bonchev–Trinajstić information content (AvgIpc) is 2.97. The van der Waals surface area contributed by atoms with Gasteiger partial charge in [0.25, 0.3) is 5.91 Å². The first kappa shape index (κ1) is 21.5. The molecule has 0 radical (unpaired) electrons. The van der Waals surface area contributed by atoms with E-state index in [9.17, 15) is 23.1 Å². The zero-order valence-corrected chi connectivity index (χ0v) is 17.5. The van der Waals surface area contributed by atoms with E-state index >= 15 is 0 Å². The highest BCUT2D eigenvalue weighted by molar-refractivity contribution is 7.89. The molecule has 0 saturated heterocycles. The molecule has 1 atom stereocenters. The minimum Gasteiger partial charge on any atom is -0.503 e. The molecule has 1 heterocycles. The van der Waals surface area contributed by atoms with Crippen molar-refractivity contribution in [2.24, 2.45) is 11.1 Å². The van der Waals surface area contributed by atoms with Gasteiger partial charge < -0.3 is 9.84 Å². The Labute approximate surface area is 174 Å². The van der Waals surface area contributed by atoms with Crippen molar-refractivity contribution in [3.63, 3.8) is 0 Å². The van der Waals surface area contributed by atoms with Crippen LogP contribution in [0.1, 0.15) is 25.5 Å². The summed E-state index contributed by atoms with van der Waals surface area (Å²) in [6.45, 7) is 3.36. The van der Waals surface area contributed by atoms with E-state index in [0.717, 1.165) is 0 Å². The summed E-state index contributed by atoms with van der Waals surface area (Å²) in [5.74, 6) is -1.68. The molecule has 0 bridgehead atoms. The summed E-state index contributed by atoms with van der Waals surface area (Å²) in [6, 6.07) is 11.3. The van der Waals surface area contributed by atoms with E-state index in [1.54, 1.807) is 38.1 Å². The van der Waals surface area contributed by atoms with Crippen LogP contribution >= 0.6 is 0 Å². The van der Waals surface area contributed by atoms with Gasteiger partial charge in [-0.3, -0.25) is 14.5 Å². The number of benzene rings is 2. The monoisotopic (exact) mass is 430 g/mol. The summed E-state index contributed by atoms with van der Waals surface area (Å²) in [5.41, 5.74) is 0.850. The molecule has 1 unspecified atom stereocenters. The number of nitrogens with two attached hydrogens (primary N) is 1. The van der Waals surface area contributed by atoms with E-state index < -0.39 is 33.6 Å². The first-order chi connectivity index (χ1) is 14.1. The second-order valence-electron chi connectivity index (χ2n) is 7.17. The van der Waals surface area contributed by atoms with Gasteiger partial charge in [0.1, 0.15) is 5.75 Å². The van der Waals surface area contributed by atoms with E-state index in [-0.39, 0.29) is 16.3 Å². The molecular weight excluding hydrogens is 408 g/mol. The van der Waals surface area contributed by atoms with Crippen LogP contribution in [0, 0.1) is 5.92 Å². The lowest BCUT2D eigenvalue weighted by Gasteiger charge is -2.27. The minimum absolute atomic E-state index is 0.0150. The number of carbonyl (C=O) groups excluding carboxylic acids is 2. The van der Waals surface area contributed by atoms with Crippen molar-refractivity contribution in [3.05, 3.63) is 65.4 Å². The molecule has 30 heavy (non-hydrogen) atoms. The van der Waals surface area contributed by atoms with Crippen LogP contribution in [0.4, 0.5) is 5.69 Å². The topological polar surface area (TPSA) is 127 Å². The van der Waals surface area contributed by atoms with Crippen molar-refractivity contribution >= 4 is 27.4 Å². The minimum atomic E-state index is -3.91. The fourth-order valence-electron chi connectivity index (χ4n) is 3.36. The Morgan fingerprint density at radius 1 is 1.17 bits per heavy atom. The summed E-state index contributed by atoms with van der Waals surface area (Å²) in [7, 11) is -2.42. The maximum absolute atomic E-state index is 13.0. The maximum Gasteiger partial charge on any atom is 0.294 e. The Kier molecular flexibility index (Phi) is 5.69. The SMILES string of the molecule is COc1cccc(C2C(C(=O)C(C)C)=C(O)C(=O)N2c2ccc(S(N)(=O)=O)cc2)c1. The first-order valence-electron chi connectivity index (χ1n) is 9.14. The van der Waals surface area contributed by atoms with Crippen molar-refractivity contribution in [3.8, 4) is 5.75 Å². The van der Waals surface area contributed by atoms with E-state index in [0.29, 0.717) is 17.0 Å². The summed E-state index contributed by atoms with van der Waals surface area (Å²) in [6.07, 6.45) is 0. The molecule has 3 N–H and O–H groups in total. The Balaban J connectivity index is 2.18. The highest BCUT2D eigenvalue weighted by Gasteiger charge is 2.44. The van der Waals surface area contributed by atoms with Gasteiger partial charge in [-0.15, -0.1) is 0 Å². The van der Waals surface area contributed by atoms with Crippen molar-refractivity contribution in [2.75, 3.05) is 12.0 Å². The maximum atomic E-state index is 13.0. The van der Waals surface area contributed by atoms with E-state index in [2.05, 4.69) is 0 Å². The predicted molar refractivity (Wildman–Crippen MR) is 111 cm³/mol. The smallest absolute Gasteiger partial charge is 0.294 e.